The van der Waals surface area contributed by atoms with Crippen molar-refractivity contribution < 1.29 is 14.4 Å². The van der Waals surface area contributed by atoms with E-state index in [1.807, 2.05) is 0 Å². The quantitative estimate of drug-likeness (QED) is 0.598. The average molecular weight is 362 g/mol. The molecule has 0 saturated carbocycles. The number of hydrogen-bond donors (Lipinski definition) is 0. The number of carbonyl (C=O) groups is 3. The Bertz CT molecular complexity index is 800. The Morgan fingerprint density at radius 3 is 2.12 bits per heavy atom. The van der Waals surface area contributed by atoms with Gasteiger partial charge in [-0.1, -0.05) is 41.4 Å². The molecule has 0 unspecified atom stereocenters. The fourth-order valence-corrected chi connectivity index (χ4v) is 3.13. The van der Waals surface area contributed by atoms with E-state index >= 15 is 0 Å². The summed E-state index contributed by atoms with van der Waals surface area (Å²) in [6.45, 7) is 0.114. The standard InChI is InChI=1S/C18H13Cl2NO3/c19-15-6-5-11(9-16(15)20)12(7-8-22)10-21-17(23)13-3-1-2-4-14(13)18(21)24/h1-6,8-9,12H,7,10H2/t12-/m1/s1. The van der Waals surface area contributed by atoms with Crippen LogP contribution in [0.25, 0.3) is 0 Å². The average Bonchev–Trinajstić information content (AvgIpc) is 2.82. The molecule has 0 saturated heterocycles. The van der Waals surface area contributed by atoms with Crippen LogP contribution in [-0.4, -0.2) is 29.5 Å². The third kappa shape index (κ3) is 2.95. The first kappa shape index (κ1) is 16.7. The Labute approximate surface area is 149 Å². The Morgan fingerprint density at radius 2 is 1.58 bits per heavy atom. The fraction of sp³-hybridized carbons (Fsp3) is 0.167. The maximum absolute atomic E-state index is 12.5. The van der Waals surface area contributed by atoms with E-state index in [0.717, 1.165) is 11.8 Å². The van der Waals surface area contributed by atoms with E-state index in [2.05, 4.69) is 0 Å². The van der Waals surface area contributed by atoms with Gasteiger partial charge in [-0.3, -0.25) is 14.5 Å². The molecule has 0 fully saturated rings. The molecule has 0 bridgehead atoms. The summed E-state index contributed by atoms with van der Waals surface area (Å²) in [4.78, 5) is 37.2. The third-order valence-electron chi connectivity index (χ3n) is 4.08. The lowest BCUT2D eigenvalue weighted by Gasteiger charge is -2.21. The number of fused-ring (bicyclic) bond motifs is 1. The van der Waals surface area contributed by atoms with Crippen molar-refractivity contribution >= 4 is 41.3 Å². The Balaban J connectivity index is 1.89. The lowest BCUT2D eigenvalue weighted by atomic mass is 9.95. The van der Waals surface area contributed by atoms with Gasteiger partial charge in [0.1, 0.15) is 6.29 Å². The van der Waals surface area contributed by atoms with Crippen molar-refractivity contribution in [1.82, 2.24) is 4.90 Å². The van der Waals surface area contributed by atoms with Crippen LogP contribution in [0.1, 0.15) is 38.6 Å². The van der Waals surface area contributed by atoms with Crippen molar-refractivity contribution in [3.8, 4) is 0 Å². The zero-order chi connectivity index (χ0) is 17.3. The van der Waals surface area contributed by atoms with Crippen molar-refractivity contribution in [2.24, 2.45) is 0 Å². The first-order chi connectivity index (χ1) is 11.5. The van der Waals surface area contributed by atoms with Gasteiger partial charge in [-0.25, -0.2) is 0 Å². The van der Waals surface area contributed by atoms with E-state index in [0.29, 0.717) is 21.2 Å². The smallest absolute Gasteiger partial charge is 0.261 e. The molecule has 2 aromatic carbocycles. The van der Waals surface area contributed by atoms with Crippen LogP contribution in [0.3, 0.4) is 0 Å². The van der Waals surface area contributed by atoms with Crippen molar-refractivity contribution in [2.75, 3.05) is 6.54 Å². The topological polar surface area (TPSA) is 54.5 Å². The first-order valence-electron chi connectivity index (χ1n) is 7.36. The number of halogens is 2. The summed E-state index contributed by atoms with van der Waals surface area (Å²) in [5.41, 5.74) is 1.54. The summed E-state index contributed by atoms with van der Waals surface area (Å²) in [5, 5.41) is 0.776. The van der Waals surface area contributed by atoms with E-state index in [4.69, 9.17) is 23.2 Å². The molecule has 0 radical (unpaired) electrons. The van der Waals surface area contributed by atoms with Crippen LogP contribution in [0, 0.1) is 0 Å². The maximum Gasteiger partial charge on any atom is 0.261 e. The number of rotatable bonds is 5. The highest BCUT2D eigenvalue weighted by molar-refractivity contribution is 6.42. The van der Waals surface area contributed by atoms with Gasteiger partial charge in [0.2, 0.25) is 0 Å². The number of hydrogen-bond acceptors (Lipinski definition) is 3. The molecular weight excluding hydrogens is 349 g/mol. The van der Waals surface area contributed by atoms with Gasteiger partial charge < -0.3 is 4.79 Å². The molecule has 0 aromatic heterocycles. The highest BCUT2D eigenvalue weighted by Crippen LogP contribution is 2.31. The molecule has 0 spiro atoms. The number of aldehydes is 1. The van der Waals surface area contributed by atoms with Gasteiger partial charge in [0.05, 0.1) is 21.2 Å². The van der Waals surface area contributed by atoms with Gasteiger partial charge in [-0.2, -0.15) is 0 Å². The second-order valence-electron chi connectivity index (χ2n) is 5.54. The molecule has 4 nitrogen and oxygen atoms in total. The summed E-state index contributed by atoms with van der Waals surface area (Å²) in [6.07, 6.45) is 0.941. The van der Waals surface area contributed by atoms with Gasteiger partial charge in [-0.05, 0) is 29.8 Å². The molecule has 0 aliphatic carbocycles. The van der Waals surface area contributed by atoms with Crippen LogP contribution in [0.2, 0.25) is 10.0 Å². The molecule has 24 heavy (non-hydrogen) atoms. The molecule has 2 amide bonds. The number of amides is 2. The molecule has 3 rings (SSSR count). The number of nitrogens with zero attached hydrogens (tertiary/aromatic N) is 1. The van der Waals surface area contributed by atoms with Crippen LogP contribution in [-0.2, 0) is 4.79 Å². The molecule has 1 aliphatic rings. The van der Waals surface area contributed by atoms with Crippen molar-refractivity contribution in [1.29, 1.82) is 0 Å². The molecule has 1 atom stereocenters. The van der Waals surface area contributed by atoms with E-state index in [1.165, 1.54) is 4.90 Å². The highest BCUT2D eigenvalue weighted by Gasteiger charge is 2.36. The largest absolute Gasteiger partial charge is 0.303 e. The highest BCUT2D eigenvalue weighted by atomic mass is 35.5. The predicted octanol–water partition coefficient (Wildman–Crippen LogP) is 3.96. The minimum atomic E-state index is -0.341. The molecule has 122 valence electrons. The predicted molar refractivity (Wildman–Crippen MR) is 91.7 cm³/mol. The van der Waals surface area contributed by atoms with Crippen LogP contribution in [0.5, 0.6) is 0 Å². The number of imide groups is 1. The zero-order valence-electron chi connectivity index (χ0n) is 12.5. The molecule has 0 N–H and O–H groups in total. The van der Waals surface area contributed by atoms with Crippen LogP contribution in [0.15, 0.2) is 42.5 Å². The van der Waals surface area contributed by atoms with Crippen LogP contribution >= 0.6 is 23.2 Å². The molecular formula is C18H13Cl2NO3. The van der Waals surface area contributed by atoms with Gasteiger partial charge in [0.15, 0.2) is 0 Å². The minimum absolute atomic E-state index is 0.114. The summed E-state index contributed by atoms with van der Waals surface area (Å²) in [5.74, 6) is -1.02. The fourth-order valence-electron chi connectivity index (χ4n) is 2.82. The summed E-state index contributed by atoms with van der Waals surface area (Å²) in [6, 6.07) is 11.7. The molecule has 2 aromatic rings. The second kappa shape index (κ2) is 6.75. The van der Waals surface area contributed by atoms with Crippen molar-refractivity contribution in [3.05, 3.63) is 69.2 Å². The van der Waals surface area contributed by atoms with Crippen molar-refractivity contribution in [3.63, 3.8) is 0 Å². The van der Waals surface area contributed by atoms with Gasteiger partial charge in [0.25, 0.3) is 11.8 Å². The lowest BCUT2D eigenvalue weighted by molar-refractivity contribution is -0.108. The van der Waals surface area contributed by atoms with Crippen LogP contribution < -0.4 is 0 Å². The maximum atomic E-state index is 12.5. The van der Waals surface area contributed by atoms with Crippen LogP contribution in [0.4, 0.5) is 0 Å². The Morgan fingerprint density at radius 1 is 0.958 bits per heavy atom. The van der Waals surface area contributed by atoms with Crippen molar-refractivity contribution in [2.45, 2.75) is 12.3 Å². The third-order valence-corrected chi connectivity index (χ3v) is 4.82. The van der Waals surface area contributed by atoms with Gasteiger partial charge in [-0.15, -0.1) is 0 Å². The number of carbonyl (C=O) groups excluding carboxylic acids is 3. The normalized spacial score (nSPS) is 14.7. The van der Waals surface area contributed by atoms with E-state index < -0.39 is 0 Å². The summed E-state index contributed by atoms with van der Waals surface area (Å²) in [7, 11) is 0. The molecule has 6 heteroatoms. The minimum Gasteiger partial charge on any atom is -0.303 e. The Kier molecular flexibility index (Phi) is 4.69. The summed E-state index contributed by atoms with van der Waals surface area (Å²) < 4.78 is 0. The Hall–Kier alpha value is -2.17. The first-order valence-corrected chi connectivity index (χ1v) is 8.12. The summed E-state index contributed by atoms with van der Waals surface area (Å²) >= 11 is 12.0. The number of benzene rings is 2. The second-order valence-corrected chi connectivity index (χ2v) is 6.35. The SMILES string of the molecule is O=CC[C@H](CN1C(=O)c2ccccc2C1=O)c1ccc(Cl)c(Cl)c1. The molecule has 1 aliphatic heterocycles. The molecule has 1 heterocycles. The van der Waals surface area contributed by atoms with Gasteiger partial charge >= 0.3 is 0 Å². The van der Waals surface area contributed by atoms with E-state index in [9.17, 15) is 14.4 Å². The van der Waals surface area contributed by atoms with E-state index in [1.54, 1.807) is 42.5 Å². The monoisotopic (exact) mass is 361 g/mol. The lowest BCUT2D eigenvalue weighted by Crippen LogP contribution is -2.34. The van der Waals surface area contributed by atoms with E-state index in [-0.39, 0.29) is 30.7 Å². The van der Waals surface area contributed by atoms with Gasteiger partial charge in [0, 0.05) is 18.9 Å². The zero-order valence-corrected chi connectivity index (χ0v) is 14.1.